The molecule has 1 aromatic rings. The molecule has 2 heterocycles. The minimum atomic E-state index is -1.10. The zero-order chi connectivity index (χ0) is 14.9. The predicted molar refractivity (Wildman–Crippen MR) is 71.6 cm³/mol. The second-order valence-corrected chi connectivity index (χ2v) is 5.00. The Bertz CT molecular complexity index is 532. The lowest BCUT2D eigenvalue weighted by Gasteiger charge is -2.21. The van der Waals surface area contributed by atoms with Gasteiger partial charge < -0.3 is 20.0 Å². The Morgan fingerprint density at radius 2 is 2.15 bits per heavy atom. The number of likely N-dealkylation sites (tertiary alicyclic amines) is 1. The molecule has 0 radical (unpaired) electrons. The summed E-state index contributed by atoms with van der Waals surface area (Å²) in [6.07, 6.45) is 0.771. The summed E-state index contributed by atoms with van der Waals surface area (Å²) < 4.78 is 0. The van der Waals surface area contributed by atoms with Crippen molar-refractivity contribution >= 4 is 17.7 Å². The molecule has 0 spiro atoms. The number of carbonyl (C=O) groups is 2. The number of carboxylic acids is 1. The highest BCUT2D eigenvalue weighted by atomic mass is 16.4. The number of hydrogen-bond acceptors (Lipinski definition) is 5. The number of aliphatic carboxylic acids is 1. The number of rotatable bonds is 3. The van der Waals surface area contributed by atoms with Gasteiger partial charge in [-0.1, -0.05) is 0 Å². The molecule has 2 N–H and O–H groups in total. The molecule has 1 aliphatic heterocycles. The molecule has 0 saturated carbocycles. The molecule has 1 fully saturated rings. The highest BCUT2D eigenvalue weighted by Crippen LogP contribution is 2.22. The summed E-state index contributed by atoms with van der Waals surface area (Å²) in [5.41, 5.74) is 0.365. The van der Waals surface area contributed by atoms with Crippen molar-refractivity contribution in [2.45, 2.75) is 18.6 Å². The van der Waals surface area contributed by atoms with E-state index in [9.17, 15) is 14.7 Å². The Morgan fingerprint density at radius 3 is 2.75 bits per heavy atom. The van der Waals surface area contributed by atoms with E-state index < -0.39 is 24.0 Å². The van der Waals surface area contributed by atoms with Crippen molar-refractivity contribution in [2.24, 2.45) is 0 Å². The number of nitrogens with zero attached hydrogens (tertiary/aromatic N) is 3. The van der Waals surface area contributed by atoms with Crippen LogP contribution in [-0.2, 0) is 4.79 Å². The largest absolute Gasteiger partial charge is 0.480 e. The van der Waals surface area contributed by atoms with Gasteiger partial charge >= 0.3 is 5.97 Å². The van der Waals surface area contributed by atoms with Gasteiger partial charge in [0.2, 0.25) is 0 Å². The minimum Gasteiger partial charge on any atom is -0.480 e. The third kappa shape index (κ3) is 2.72. The molecule has 1 aliphatic rings. The average molecular weight is 279 g/mol. The number of aliphatic hydroxyl groups excluding tert-OH is 1. The van der Waals surface area contributed by atoms with Crippen molar-refractivity contribution in [1.29, 1.82) is 0 Å². The van der Waals surface area contributed by atoms with Gasteiger partial charge in [-0.25, -0.2) is 9.78 Å². The number of aliphatic hydroxyl groups is 1. The summed E-state index contributed by atoms with van der Waals surface area (Å²) in [5, 5.41) is 18.7. The standard InChI is InChI=1S/C13H17N3O4/c1-15(2)11-5-8(3-4-14-11)12(18)16-7-9(17)6-10(16)13(19)20/h3-5,9-10,17H,6-7H2,1-2H3,(H,19,20)/t9-,10-/m0/s1. The van der Waals surface area contributed by atoms with Crippen molar-refractivity contribution in [1.82, 2.24) is 9.88 Å². The van der Waals surface area contributed by atoms with Crippen molar-refractivity contribution in [3.8, 4) is 0 Å². The third-order valence-corrected chi connectivity index (χ3v) is 3.28. The van der Waals surface area contributed by atoms with Crippen molar-refractivity contribution < 1.29 is 19.8 Å². The first-order valence-electron chi connectivity index (χ1n) is 6.25. The summed E-state index contributed by atoms with van der Waals surface area (Å²) >= 11 is 0. The van der Waals surface area contributed by atoms with E-state index in [0.717, 1.165) is 0 Å². The van der Waals surface area contributed by atoms with Crippen LogP contribution in [0.25, 0.3) is 0 Å². The lowest BCUT2D eigenvalue weighted by Crippen LogP contribution is -2.40. The summed E-state index contributed by atoms with van der Waals surface area (Å²) in [6.45, 7) is 0.0371. The average Bonchev–Trinajstić information content (AvgIpc) is 2.80. The molecule has 0 aromatic carbocycles. The van der Waals surface area contributed by atoms with Crippen molar-refractivity contribution in [3.63, 3.8) is 0 Å². The highest BCUT2D eigenvalue weighted by molar-refractivity contribution is 5.97. The van der Waals surface area contributed by atoms with Crippen LogP contribution in [0.5, 0.6) is 0 Å². The van der Waals surface area contributed by atoms with Crippen molar-refractivity contribution in [3.05, 3.63) is 23.9 Å². The van der Waals surface area contributed by atoms with Gasteiger partial charge in [-0.3, -0.25) is 4.79 Å². The first kappa shape index (κ1) is 14.3. The van der Waals surface area contributed by atoms with E-state index in [0.29, 0.717) is 11.4 Å². The minimum absolute atomic E-state index is 0.0371. The van der Waals surface area contributed by atoms with Crippen LogP contribution in [-0.4, -0.2) is 64.8 Å². The summed E-state index contributed by atoms with van der Waals surface area (Å²) in [6, 6.07) is 2.17. The maximum atomic E-state index is 12.4. The second kappa shape index (κ2) is 5.46. The summed E-state index contributed by atoms with van der Waals surface area (Å²) in [7, 11) is 3.60. The van der Waals surface area contributed by atoms with Gasteiger partial charge in [0.25, 0.3) is 5.91 Å². The molecule has 2 atom stereocenters. The van der Waals surface area contributed by atoms with E-state index in [-0.39, 0.29) is 13.0 Å². The van der Waals surface area contributed by atoms with Crippen LogP contribution < -0.4 is 4.90 Å². The van der Waals surface area contributed by atoms with Gasteiger partial charge in [0.15, 0.2) is 0 Å². The predicted octanol–water partition coefficient (Wildman–Crippen LogP) is -0.192. The van der Waals surface area contributed by atoms with E-state index in [2.05, 4.69) is 4.98 Å². The monoisotopic (exact) mass is 279 g/mol. The molecular weight excluding hydrogens is 262 g/mol. The van der Waals surface area contributed by atoms with E-state index >= 15 is 0 Å². The molecule has 108 valence electrons. The topological polar surface area (TPSA) is 94.0 Å². The van der Waals surface area contributed by atoms with E-state index in [4.69, 9.17) is 5.11 Å². The van der Waals surface area contributed by atoms with E-state index in [1.54, 1.807) is 31.1 Å². The van der Waals surface area contributed by atoms with Gasteiger partial charge in [-0.05, 0) is 12.1 Å². The molecule has 0 unspecified atom stereocenters. The summed E-state index contributed by atoms with van der Waals surface area (Å²) in [5.74, 6) is -0.890. The molecule has 2 rings (SSSR count). The Kier molecular flexibility index (Phi) is 3.89. The number of carbonyl (C=O) groups excluding carboxylic acids is 1. The fourth-order valence-corrected chi connectivity index (χ4v) is 2.23. The van der Waals surface area contributed by atoms with Crippen LogP contribution in [0, 0.1) is 0 Å². The lowest BCUT2D eigenvalue weighted by atomic mass is 10.2. The fourth-order valence-electron chi connectivity index (χ4n) is 2.23. The Morgan fingerprint density at radius 1 is 1.45 bits per heavy atom. The van der Waals surface area contributed by atoms with Gasteiger partial charge in [0.05, 0.1) is 6.10 Å². The number of pyridine rings is 1. The van der Waals surface area contributed by atoms with Gasteiger partial charge in [0.1, 0.15) is 11.9 Å². The van der Waals surface area contributed by atoms with Crippen molar-refractivity contribution in [2.75, 3.05) is 25.5 Å². The zero-order valence-electron chi connectivity index (χ0n) is 11.4. The first-order chi connectivity index (χ1) is 9.40. The molecule has 20 heavy (non-hydrogen) atoms. The molecule has 1 saturated heterocycles. The number of aromatic nitrogens is 1. The molecule has 7 nitrogen and oxygen atoms in total. The molecule has 1 aromatic heterocycles. The van der Waals surface area contributed by atoms with Gasteiger partial charge in [-0.2, -0.15) is 0 Å². The van der Waals surface area contributed by atoms with Crippen LogP contribution in [0.2, 0.25) is 0 Å². The second-order valence-electron chi connectivity index (χ2n) is 5.00. The number of β-amino-alcohol motifs (C(OH)–C–C–N with tert-alkyl or cyclic N) is 1. The molecule has 0 bridgehead atoms. The normalized spacial score (nSPS) is 21.9. The first-order valence-corrected chi connectivity index (χ1v) is 6.25. The number of anilines is 1. The summed E-state index contributed by atoms with van der Waals surface area (Å²) in [4.78, 5) is 30.6. The van der Waals surface area contributed by atoms with Crippen LogP contribution in [0.1, 0.15) is 16.8 Å². The van der Waals surface area contributed by atoms with Crippen LogP contribution in [0.15, 0.2) is 18.3 Å². The molecule has 1 amide bonds. The zero-order valence-corrected chi connectivity index (χ0v) is 11.4. The van der Waals surface area contributed by atoms with E-state index in [1.807, 2.05) is 0 Å². The van der Waals surface area contributed by atoms with Crippen LogP contribution in [0.3, 0.4) is 0 Å². The van der Waals surface area contributed by atoms with Gasteiger partial charge in [0, 0.05) is 38.8 Å². The number of carboxylic acid groups (broad SMARTS) is 1. The number of hydrogen-bond donors (Lipinski definition) is 2. The molecule has 0 aliphatic carbocycles. The Labute approximate surface area is 116 Å². The van der Waals surface area contributed by atoms with E-state index in [1.165, 1.54) is 11.1 Å². The lowest BCUT2D eigenvalue weighted by molar-refractivity contribution is -0.141. The molecular formula is C13H17N3O4. The Balaban J connectivity index is 2.26. The fraction of sp³-hybridized carbons (Fsp3) is 0.462. The third-order valence-electron chi connectivity index (χ3n) is 3.28. The SMILES string of the molecule is CN(C)c1cc(C(=O)N2C[C@@H](O)C[C@H]2C(=O)O)ccn1. The maximum absolute atomic E-state index is 12.4. The van der Waals surface area contributed by atoms with Crippen LogP contribution >= 0.6 is 0 Å². The van der Waals surface area contributed by atoms with Gasteiger partial charge in [-0.15, -0.1) is 0 Å². The highest BCUT2D eigenvalue weighted by Gasteiger charge is 2.39. The quantitative estimate of drug-likeness (QED) is 0.796. The molecule has 7 heteroatoms. The Hall–Kier alpha value is -2.15. The number of amides is 1. The maximum Gasteiger partial charge on any atom is 0.326 e. The van der Waals surface area contributed by atoms with Crippen LogP contribution in [0.4, 0.5) is 5.82 Å². The smallest absolute Gasteiger partial charge is 0.326 e.